The van der Waals surface area contributed by atoms with Crippen LogP contribution in [0.5, 0.6) is 5.75 Å². The fraction of sp³-hybridized carbons (Fsp3) is 0.600. The fourth-order valence-corrected chi connectivity index (χ4v) is 2.88. The third kappa shape index (κ3) is 2.91. The topological polar surface area (TPSA) is 42.5 Å². The normalized spacial score (nSPS) is 23.7. The van der Waals surface area contributed by atoms with Gasteiger partial charge in [-0.1, -0.05) is 12.1 Å². The Hall–Kier alpha value is -1.10. The highest BCUT2D eigenvalue weighted by Crippen LogP contribution is 2.29. The number of benzene rings is 1. The zero-order chi connectivity index (χ0) is 13.1. The van der Waals surface area contributed by atoms with Crippen LogP contribution < -0.4 is 15.4 Å². The molecule has 0 aliphatic carbocycles. The van der Waals surface area contributed by atoms with Crippen molar-refractivity contribution in [2.75, 3.05) is 33.4 Å². The van der Waals surface area contributed by atoms with Gasteiger partial charge in [-0.05, 0) is 30.7 Å². The molecule has 4 heteroatoms. The quantitative estimate of drug-likeness (QED) is 0.857. The zero-order valence-electron chi connectivity index (χ0n) is 11.4. The number of nitrogens with one attached hydrogen (secondary N) is 2. The molecule has 2 N–H and O–H groups in total. The predicted octanol–water partition coefficient (Wildman–Crippen LogP) is 1.26. The van der Waals surface area contributed by atoms with Gasteiger partial charge in [0.25, 0.3) is 0 Å². The third-order valence-electron chi connectivity index (χ3n) is 3.97. The molecule has 0 aromatic heterocycles. The second kappa shape index (κ2) is 5.90. The number of ether oxygens (including phenoxy) is 2. The Morgan fingerprint density at radius 1 is 1.42 bits per heavy atom. The van der Waals surface area contributed by atoms with E-state index in [2.05, 4.69) is 28.8 Å². The van der Waals surface area contributed by atoms with Gasteiger partial charge >= 0.3 is 0 Å². The highest BCUT2D eigenvalue weighted by molar-refractivity contribution is 5.40. The van der Waals surface area contributed by atoms with E-state index in [0.29, 0.717) is 12.1 Å². The van der Waals surface area contributed by atoms with E-state index in [-0.39, 0.29) is 0 Å². The third-order valence-corrected chi connectivity index (χ3v) is 3.97. The molecule has 1 aromatic carbocycles. The summed E-state index contributed by atoms with van der Waals surface area (Å²) in [6.07, 6.45) is 2.33. The van der Waals surface area contributed by atoms with Gasteiger partial charge in [-0.2, -0.15) is 0 Å². The van der Waals surface area contributed by atoms with Crippen LogP contribution in [0.4, 0.5) is 0 Å². The van der Waals surface area contributed by atoms with Crippen molar-refractivity contribution >= 4 is 0 Å². The first-order valence-electron chi connectivity index (χ1n) is 7.12. The smallest absolute Gasteiger partial charge is 0.122 e. The summed E-state index contributed by atoms with van der Waals surface area (Å²) < 4.78 is 11.4. The highest BCUT2D eigenvalue weighted by atomic mass is 16.5. The first kappa shape index (κ1) is 12.9. The number of fused-ring (bicyclic) bond motifs is 1. The van der Waals surface area contributed by atoms with Crippen molar-refractivity contribution in [1.29, 1.82) is 0 Å². The first-order chi connectivity index (χ1) is 9.36. The minimum atomic E-state index is 0.302. The molecule has 2 unspecified atom stereocenters. The van der Waals surface area contributed by atoms with E-state index in [1.807, 2.05) is 7.05 Å². The Balaban J connectivity index is 1.70. The molecular weight excluding hydrogens is 240 g/mol. The van der Waals surface area contributed by atoms with E-state index >= 15 is 0 Å². The lowest BCUT2D eigenvalue weighted by atomic mass is 9.97. The molecule has 1 saturated heterocycles. The zero-order valence-corrected chi connectivity index (χ0v) is 11.4. The lowest BCUT2D eigenvalue weighted by molar-refractivity contribution is 0.0176. The van der Waals surface area contributed by atoms with E-state index < -0.39 is 0 Å². The Morgan fingerprint density at radius 3 is 3.16 bits per heavy atom. The number of rotatable bonds is 4. The van der Waals surface area contributed by atoms with Crippen LogP contribution in [0.2, 0.25) is 0 Å². The lowest BCUT2D eigenvalue weighted by Crippen LogP contribution is -2.40. The average molecular weight is 262 g/mol. The van der Waals surface area contributed by atoms with Crippen LogP contribution in [0.15, 0.2) is 18.2 Å². The standard InChI is InChI=1S/C15H22N2O2/c1-16-14(9-13-10-17-5-7-18-13)11-2-3-15-12(8-11)4-6-19-15/h2-3,8,13-14,16-17H,4-7,9-10H2,1H3. The van der Waals surface area contributed by atoms with Crippen molar-refractivity contribution in [2.45, 2.75) is 25.0 Å². The molecule has 104 valence electrons. The minimum Gasteiger partial charge on any atom is -0.493 e. The molecule has 2 aliphatic rings. The maximum Gasteiger partial charge on any atom is 0.122 e. The van der Waals surface area contributed by atoms with Crippen molar-refractivity contribution in [2.24, 2.45) is 0 Å². The molecule has 0 radical (unpaired) electrons. The molecule has 3 rings (SSSR count). The minimum absolute atomic E-state index is 0.302. The van der Waals surface area contributed by atoms with Gasteiger partial charge in [-0.25, -0.2) is 0 Å². The molecule has 1 aromatic rings. The van der Waals surface area contributed by atoms with Gasteiger partial charge in [0.05, 0.1) is 19.3 Å². The molecule has 2 heterocycles. The molecule has 0 bridgehead atoms. The Kier molecular flexibility index (Phi) is 4.01. The van der Waals surface area contributed by atoms with E-state index in [4.69, 9.17) is 9.47 Å². The van der Waals surface area contributed by atoms with Crippen molar-refractivity contribution in [3.63, 3.8) is 0 Å². The van der Waals surface area contributed by atoms with Crippen molar-refractivity contribution < 1.29 is 9.47 Å². The second-order valence-electron chi connectivity index (χ2n) is 5.24. The van der Waals surface area contributed by atoms with Gasteiger partial charge in [0.1, 0.15) is 5.75 Å². The summed E-state index contributed by atoms with van der Waals surface area (Å²) in [4.78, 5) is 0. The summed E-state index contributed by atoms with van der Waals surface area (Å²) in [5.74, 6) is 1.05. The summed E-state index contributed by atoms with van der Waals surface area (Å²) in [7, 11) is 2.02. The van der Waals surface area contributed by atoms with Crippen LogP contribution in [-0.2, 0) is 11.2 Å². The Bertz CT molecular complexity index is 430. The SMILES string of the molecule is CNC(CC1CNCCO1)c1ccc2c(c1)CCO2. The van der Waals surface area contributed by atoms with E-state index in [1.165, 1.54) is 11.1 Å². The summed E-state index contributed by atoms with van der Waals surface area (Å²) in [6.45, 7) is 3.56. The van der Waals surface area contributed by atoms with Crippen LogP contribution in [-0.4, -0.2) is 39.5 Å². The number of hydrogen-bond acceptors (Lipinski definition) is 4. The van der Waals surface area contributed by atoms with Crippen molar-refractivity contribution in [1.82, 2.24) is 10.6 Å². The molecule has 19 heavy (non-hydrogen) atoms. The molecule has 0 saturated carbocycles. The van der Waals surface area contributed by atoms with Gasteiger partial charge in [0, 0.05) is 25.6 Å². The Morgan fingerprint density at radius 2 is 2.37 bits per heavy atom. The first-order valence-corrected chi connectivity index (χ1v) is 7.12. The second-order valence-corrected chi connectivity index (χ2v) is 5.24. The predicted molar refractivity (Wildman–Crippen MR) is 74.7 cm³/mol. The summed E-state index contributed by atoms with van der Waals surface area (Å²) in [5.41, 5.74) is 2.67. The summed E-state index contributed by atoms with van der Waals surface area (Å²) in [6, 6.07) is 6.89. The monoisotopic (exact) mass is 262 g/mol. The number of hydrogen-bond donors (Lipinski definition) is 2. The largest absolute Gasteiger partial charge is 0.493 e. The molecule has 1 fully saturated rings. The van der Waals surface area contributed by atoms with Crippen LogP contribution in [0.1, 0.15) is 23.6 Å². The lowest BCUT2D eigenvalue weighted by Gasteiger charge is -2.28. The molecule has 0 amide bonds. The molecule has 4 nitrogen and oxygen atoms in total. The van der Waals surface area contributed by atoms with Gasteiger partial charge in [0.15, 0.2) is 0 Å². The van der Waals surface area contributed by atoms with Gasteiger partial charge in [-0.3, -0.25) is 0 Å². The maximum absolute atomic E-state index is 5.80. The van der Waals surface area contributed by atoms with Crippen LogP contribution in [0, 0.1) is 0 Å². The summed E-state index contributed by atoms with van der Waals surface area (Å²) >= 11 is 0. The van der Waals surface area contributed by atoms with Gasteiger partial charge in [0.2, 0.25) is 0 Å². The van der Waals surface area contributed by atoms with Gasteiger partial charge in [-0.15, -0.1) is 0 Å². The van der Waals surface area contributed by atoms with Gasteiger partial charge < -0.3 is 20.1 Å². The maximum atomic E-state index is 5.80. The highest BCUT2D eigenvalue weighted by Gasteiger charge is 2.21. The fourth-order valence-electron chi connectivity index (χ4n) is 2.88. The van der Waals surface area contributed by atoms with Crippen molar-refractivity contribution in [3.8, 4) is 5.75 Å². The van der Waals surface area contributed by atoms with Crippen molar-refractivity contribution in [3.05, 3.63) is 29.3 Å². The molecule has 2 aliphatic heterocycles. The molecule has 0 spiro atoms. The van der Waals surface area contributed by atoms with E-state index in [9.17, 15) is 0 Å². The molecular formula is C15H22N2O2. The average Bonchev–Trinajstić information content (AvgIpc) is 2.93. The van der Waals surface area contributed by atoms with Crippen LogP contribution in [0.3, 0.4) is 0 Å². The Labute approximate surface area is 114 Å². The summed E-state index contributed by atoms with van der Waals surface area (Å²) in [5, 5.41) is 6.79. The molecule has 2 atom stereocenters. The van der Waals surface area contributed by atoms with Crippen LogP contribution in [0.25, 0.3) is 0 Å². The van der Waals surface area contributed by atoms with E-state index in [1.54, 1.807) is 0 Å². The van der Waals surface area contributed by atoms with Crippen LogP contribution >= 0.6 is 0 Å². The number of morpholine rings is 1. The van der Waals surface area contributed by atoms with E-state index in [0.717, 1.165) is 44.9 Å².